The van der Waals surface area contributed by atoms with Crippen molar-refractivity contribution >= 4 is 40.5 Å². The van der Waals surface area contributed by atoms with Gasteiger partial charge in [0, 0.05) is 41.3 Å². The smallest absolute Gasteiger partial charge is 0.263 e. The van der Waals surface area contributed by atoms with Gasteiger partial charge in [-0.1, -0.05) is 44.4 Å². The molecular formula is C32H41ClN2O4S. The third kappa shape index (κ3) is 6.57. The highest BCUT2D eigenvalue weighted by atomic mass is 35.5. The van der Waals surface area contributed by atoms with Gasteiger partial charge in [0.25, 0.3) is 5.91 Å². The lowest BCUT2D eigenvalue weighted by Gasteiger charge is -2.43. The largest absolute Gasteiger partial charge is 0.491 e. The van der Waals surface area contributed by atoms with E-state index in [0.717, 1.165) is 74.5 Å². The van der Waals surface area contributed by atoms with Gasteiger partial charge in [-0.2, -0.15) is 0 Å². The molecule has 1 fully saturated rings. The summed E-state index contributed by atoms with van der Waals surface area (Å²) in [4.78, 5) is 27.7. The number of anilines is 1. The van der Waals surface area contributed by atoms with Crippen LogP contribution < -0.4 is 14.4 Å². The zero-order valence-corrected chi connectivity index (χ0v) is 25.1. The van der Waals surface area contributed by atoms with Gasteiger partial charge in [0.2, 0.25) is 0 Å². The molecule has 0 aromatic heterocycles. The van der Waals surface area contributed by atoms with Gasteiger partial charge in [-0.15, -0.1) is 0 Å². The van der Waals surface area contributed by atoms with Gasteiger partial charge < -0.3 is 14.4 Å². The molecule has 2 aromatic rings. The lowest BCUT2D eigenvalue weighted by Crippen LogP contribution is -2.43. The predicted molar refractivity (Wildman–Crippen MR) is 162 cm³/mol. The first-order valence-electron chi connectivity index (χ1n) is 14.8. The number of carbonyl (C=O) groups is 2. The number of aldehydes is 1. The van der Waals surface area contributed by atoms with Crippen LogP contribution in [0.2, 0.25) is 5.02 Å². The van der Waals surface area contributed by atoms with Crippen molar-refractivity contribution in [3.8, 4) is 5.75 Å². The Hall–Kier alpha value is -2.38. The Labute approximate surface area is 245 Å². The fourth-order valence-electron chi connectivity index (χ4n) is 6.75. The fraction of sp³-hybridized carbons (Fsp3) is 0.562. The Morgan fingerprint density at radius 1 is 1.12 bits per heavy atom. The summed E-state index contributed by atoms with van der Waals surface area (Å²) in [6, 6.07) is 11.7. The lowest BCUT2D eigenvalue weighted by molar-refractivity contribution is -0.115. The standard InChI is InChI=1S/C32H41ClN2O4S/c1-3-5-22-14-27(33)10-12-28(22)26-17-35-16-24-8-11-29(24)25(18-36)7-4-6-21(2)20-40(38)34-32(37)23-9-13-31(39-19-26)30(35)15-23/h9-10,12-15,18,21,24-26,29H,3-8,11,16-17,19-20H2,1-2H3,(H,34,37). The van der Waals surface area contributed by atoms with E-state index in [1.165, 1.54) is 17.4 Å². The maximum absolute atomic E-state index is 13.1. The minimum Gasteiger partial charge on any atom is -0.491 e. The van der Waals surface area contributed by atoms with Crippen LogP contribution in [0.1, 0.15) is 79.8 Å². The number of ether oxygens (including phenoxy) is 1. The van der Waals surface area contributed by atoms with E-state index in [0.29, 0.717) is 29.8 Å². The predicted octanol–water partition coefficient (Wildman–Crippen LogP) is 6.33. The number of carbonyl (C=O) groups excluding carboxylic acids is 2. The quantitative estimate of drug-likeness (QED) is 0.425. The summed E-state index contributed by atoms with van der Waals surface area (Å²) >= 11 is 6.38. The van der Waals surface area contributed by atoms with Crippen LogP contribution in [0, 0.1) is 23.7 Å². The Balaban J connectivity index is 1.51. The molecule has 0 spiro atoms. The van der Waals surface area contributed by atoms with Crippen molar-refractivity contribution in [2.45, 2.75) is 64.7 Å². The van der Waals surface area contributed by atoms with Crippen LogP contribution in [0.25, 0.3) is 0 Å². The Morgan fingerprint density at radius 3 is 2.73 bits per heavy atom. The lowest BCUT2D eigenvalue weighted by atomic mass is 9.66. The van der Waals surface area contributed by atoms with Crippen molar-refractivity contribution in [1.29, 1.82) is 0 Å². The number of benzene rings is 2. The molecule has 6 unspecified atom stereocenters. The van der Waals surface area contributed by atoms with Crippen LogP contribution in [0.4, 0.5) is 5.69 Å². The first kappa shape index (κ1) is 29.1. The van der Waals surface area contributed by atoms with Crippen molar-refractivity contribution < 1.29 is 18.5 Å². The molecule has 40 heavy (non-hydrogen) atoms. The number of hydrogen-bond donors (Lipinski definition) is 1. The zero-order chi connectivity index (χ0) is 28.2. The molecule has 1 N–H and O–H groups in total. The second-order valence-electron chi connectivity index (χ2n) is 12.0. The monoisotopic (exact) mass is 584 g/mol. The molecule has 2 aliphatic heterocycles. The Bertz CT molecular complexity index is 1250. The fourth-order valence-corrected chi connectivity index (χ4v) is 8.04. The topological polar surface area (TPSA) is 75.7 Å². The summed E-state index contributed by atoms with van der Waals surface area (Å²) < 4.78 is 21.9. The number of nitrogens with one attached hydrogen (secondary N) is 1. The van der Waals surface area contributed by atoms with Crippen LogP contribution in [0.3, 0.4) is 0 Å². The second kappa shape index (κ2) is 13.1. The van der Waals surface area contributed by atoms with Crippen LogP contribution in [-0.2, 0) is 22.2 Å². The maximum atomic E-state index is 13.1. The Kier molecular flexibility index (Phi) is 9.52. The molecular weight excluding hydrogens is 544 g/mol. The molecule has 3 aliphatic rings. The summed E-state index contributed by atoms with van der Waals surface area (Å²) in [5.41, 5.74) is 3.88. The molecule has 0 radical (unpaired) electrons. The number of aryl methyl sites for hydroxylation is 1. The van der Waals surface area contributed by atoms with E-state index in [9.17, 15) is 13.8 Å². The van der Waals surface area contributed by atoms with E-state index < -0.39 is 11.0 Å². The number of hydrogen-bond acceptors (Lipinski definition) is 5. The van der Waals surface area contributed by atoms with Gasteiger partial charge in [-0.3, -0.25) is 9.52 Å². The van der Waals surface area contributed by atoms with E-state index >= 15 is 0 Å². The summed E-state index contributed by atoms with van der Waals surface area (Å²) in [5.74, 6) is 2.01. The minimum absolute atomic E-state index is 0.0568. The molecule has 2 bridgehead atoms. The molecule has 1 amide bonds. The molecule has 1 aliphatic carbocycles. The van der Waals surface area contributed by atoms with Gasteiger partial charge >= 0.3 is 0 Å². The number of rotatable bonds is 4. The van der Waals surface area contributed by atoms with E-state index in [4.69, 9.17) is 16.3 Å². The second-order valence-corrected chi connectivity index (χ2v) is 13.6. The van der Waals surface area contributed by atoms with Crippen LogP contribution in [0.15, 0.2) is 36.4 Å². The summed E-state index contributed by atoms with van der Waals surface area (Å²) in [5, 5.41) is 0.745. The molecule has 6 nitrogen and oxygen atoms in total. The number of halogens is 1. The number of fused-ring (bicyclic) bond motifs is 2. The first-order valence-corrected chi connectivity index (χ1v) is 16.5. The summed E-state index contributed by atoms with van der Waals surface area (Å²) in [6.45, 7) is 6.33. The molecule has 2 heterocycles. The summed E-state index contributed by atoms with van der Waals surface area (Å²) in [7, 11) is -1.46. The van der Waals surface area contributed by atoms with Gasteiger partial charge in [0.15, 0.2) is 0 Å². The normalized spacial score (nSPS) is 29.3. The highest BCUT2D eigenvalue weighted by Crippen LogP contribution is 2.44. The highest BCUT2D eigenvalue weighted by Gasteiger charge is 2.39. The van der Waals surface area contributed by atoms with Crippen molar-refractivity contribution in [2.75, 3.05) is 30.3 Å². The van der Waals surface area contributed by atoms with Gasteiger partial charge in [0.05, 0.1) is 12.3 Å². The third-order valence-electron chi connectivity index (χ3n) is 9.04. The third-order valence-corrected chi connectivity index (χ3v) is 10.6. The first-order chi connectivity index (χ1) is 19.4. The molecule has 6 atom stereocenters. The van der Waals surface area contributed by atoms with E-state index in [1.807, 2.05) is 18.2 Å². The molecule has 216 valence electrons. The van der Waals surface area contributed by atoms with Gasteiger partial charge in [-0.05, 0) is 91.3 Å². The van der Waals surface area contributed by atoms with Crippen molar-refractivity contribution in [3.05, 3.63) is 58.1 Å². The van der Waals surface area contributed by atoms with Crippen molar-refractivity contribution in [1.82, 2.24) is 4.72 Å². The Morgan fingerprint density at radius 2 is 1.98 bits per heavy atom. The van der Waals surface area contributed by atoms with E-state index in [1.54, 1.807) is 6.07 Å². The average molecular weight is 585 g/mol. The molecule has 0 saturated heterocycles. The summed E-state index contributed by atoms with van der Waals surface area (Å²) in [6.07, 6.45) is 8.02. The van der Waals surface area contributed by atoms with Crippen molar-refractivity contribution in [3.63, 3.8) is 0 Å². The SMILES string of the molecule is CCCc1cc(Cl)ccc1C1COc2ccc3cc2N(C1)CC1CCC1C(C=O)CCCC(C)CS(=O)NC3=O. The molecule has 8 heteroatoms. The van der Waals surface area contributed by atoms with Crippen LogP contribution in [0.5, 0.6) is 5.75 Å². The molecule has 1 saturated carbocycles. The van der Waals surface area contributed by atoms with Crippen LogP contribution in [-0.4, -0.2) is 41.9 Å². The minimum atomic E-state index is -1.46. The average Bonchev–Trinajstić information content (AvgIpc) is 3.09. The highest BCUT2D eigenvalue weighted by molar-refractivity contribution is 7.83. The molecule has 2 aromatic carbocycles. The van der Waals surface area contributed by atoms with E-state index in [-0.39, 0.29) is 23.7 Å². The number of amides is 1. The zero-order valence-electron chi connectivity index (χ0n) is 23.6. The van der Waals surface area contributed by atoms with Crippen LogP contribution >= 0.6 is 11.6 Å². The van der Waals surface area contributed by atoms with E-state index in [2.05, 4.69) is 35.6 Å². The van der Waals surface area contributed by atoms with Gasteiger partial charge in [-0.25, -0.2) is 4.21 Å². The molecule has 5 rings (SSSR count). The number of nitrogens with zero attached hydrogens (tertiary/aromatic N) is 1. The maximum Gasteiger partial charge on any atom is 0.263 e. The van der Waals surface area contributed by atoms with Crippen molar-refractivity contribution in [2.24, 2.45) is 23.7 Å². The van der Waals surface area contributed by atoms with Gasteiger partial charge in [0.1, 0.15) is 23.0 Å².